The lowest BCUT2D eigenvalue weighted by atomic mass is 10.2. The van der Waals surface area contributed by atoms with Gasteiger partial charge in [-0.3, -0.25) is 9.79 Å². The number of nitrogens with one attached hydrogen (secondary N) is 2. The van der Waals surface area contributed by atoms with Crippen LogP contribution in [0, 0.1) is 5.92 Å². The first-order valence-corrected chi connectivity index (χ1v) is 10.6. The molecule has 6 heteroatoms. The second-order valence-corrected chi connectivity index (χ2v) is 7.92. The first kappa shape index (κ1) is 21.7. The predicted molar refractivity (Wildman–Crippen MR) is 120 cm³/mol. The number of rotatable bonds is 7. The highest BCUT2D eigenvalue weighted by molar-refractivity contribution is 5.81. The Hall–Kier alpha value is -3.02. The van der Waals surface area contributed by atoms with Gasteiger partial charge in [0.2, 0.25) is 5.91 Å². The number of carbonyl (C=O) groups excluding carboxylic acids is 1. The van der Waals surface area contributed by atoms with E-state index in [1.165, 1.54) is 0 Å². The maximum atomic E-state index is 12.2. The largest absolute Gasteiger partial charge is 0.489 e. The van der Waals surface area contributed by atoms with Crippen molar-refractivity contribution >= 4 is 11.9 Å². The highest BCUT2D eigenvalue weighted by Crippen LogP contribution is 2.16. The fourth-order valence-corrected chi connectivity index (χ4v) is 3.50. The number of aliphatic imine (C=N–C) groups is 1. The van der Waals surface area contributed by atoms with Crippen LogP contribution in [0.1, 0.15) is 31.4 Å². The van der Waals surface area contributed by atoms with E-state index in [9.17, 15) is 4.79 Å². The van der Waals surface area contributed by atoms with Crippen LogP contribution in [-0.2, 0) is 17.9 Å². The van der Waals surface area contributed by atoms with Crippen LogP contribution in [0.3, 0.4) is 0 Å². The summed E-state index contributed by atoms with van der Waals surface area (Å²) in [4.78, 5) is 18.4. The van der Waals surface area contributed by atoms with Crippen molar-refractivity contribution in [1.29, 1.82) is 0 Å². The van der Waals surface area contributed by atoms with Crippen molar-refractivity contribution < 1.29 is 9.53 Å². The van der Waals surface area contributed by atoms with E-state index >= 15 is 0 Å². The number of likely N-dealkylation sites (tertiary alicyclic amines) is 1. The maximum Gasteiger partial charge on any atom is 0.225 e. The van der Waals surface area contributed by atoms with E-state index < -0.39 is 0 Å². The number of nitrogens with zero attached hydrogens (tertiary/aromatic N) is 2. The average Bonchev–Trinajstić information content (AvgIpc) is 3.24. The zero-order chi connectivity index (χ0) is 21.3. The Kier molecular flexibility index (Phi) is 7.71. The summed E-state index contributed by atoms with van der Waals surface area (Å²) in [5.41, 5.74) is 2.26. The first-order chi connectivity index (χ1) is 14.5. The van der Waals surface area contributed by atoms with Gasteiger partial charge in [-0.05, 0) is 29.7 Å². The molecule has 0 spiro atoms. The molecule has 0 aromatic heterocycles. The third-order valence-electron chi connectivity index (χ3n) is 5.17. The Morgan fingerprint density at radius 3 is 2.67 bits per heavy atom. The van der Waals surface area contributed by atoms with Crippen molar-refractivity contribution in [3.63, 3.8) is 0 Å². The normalized spacial score (nSPS) is 16.6. The van der Waals surface area contributed by atoms with Crippen molar-refractivity contribution in [2.75, 3.05) is 20.1 Å². The molecule has 0 aliphatic carbocycles. The van der Waals surface area contributed by atoms with Gasteiger partial charge in [0.05, 0.1) is 0 Å². The molecule has 160 valence electrons. The quantitative estimate of drug-likeness (QED) is 0.546. The summed E-state index contributed by atoms with van der Waals surface area (Å²) in [5.74, 6) is 1.85. The topological polar surface area (TPSA) is 66.0 Å². The zero-order valence-corrected chi connectivity index (χ0v) is 18.1. The van der Waals surface area contributed by atoms with Crippen LogP contribution in [-0.4, -0.2) is 42.9 Å². The Labute approximate surface area is 179 Å². The molecule has 1 fully saturated rings. The molecule has 0 saturated carbocycles. The average molecular weight is 409 g/mol. The van der Waals surface area contributed by atoms with E-state index in [2.05, 4.69) is 33.8 Å². The zero-order valence-electron chi connectivity index (χ0n) is 18.1. The highest BCUT2D eigenvalue weighted by Gasteiger charge is 2.27. The Morgan fingerprint density at radius 2 is 1.93 bits per heavy atom. The molecule has 0 radical (unpaired) electrons. The van der Waals surface area contributed by atoms with Crippen LogP contribution in [0.2, 0.25) is 0 Å². The monoisotopic (exact) mass is 408 g/mol. The lowest BCUT2D eigenvalue weighted by molar-refractivity contribution is -0.133. The summed E-state index contributed by atoms with van der Waals surface area (Å²) >= 11 is 0. The second-order valence-electron chi connectivity index (χ2n) is 7.92. The number of hydrogen-bond donors (Lipinski definition) is 2. The third kappa shape index (κ3) is 6.24. The molecule has 0 bridgehead atoms. The summed E-state index contributed by atoms with van der Waals surface area (Å²) in [7, 11) is 1.76. The SMILES string of the molecule is CN=C(NCc1cccc(OCc2ccccc2)c1)NC1CCN(C(=O)C(C)C)C1. The third-order valence-corrected chi connectivity index (χ3v) is 5.17. The van der Waals surface area contributed by atoms with Gasteiger partial charge in [0, 0.05) is 38.6 Å². The Balaban J connectivity index is 1.47. The number of hydrogen-bond acceptors (Lipinski definition) is 3. The minimum Gasteiger partial charge on any atom is -0.489 e. The van der Waals surface area contributed by atoms with Crippen molar-refractivity contribution in [3.8, 4) is 5.75 Å². The predicted octanol–water partition coefficient (Wildman–Crippen LogP) is 3.19. The van der Waals surface area contributed by atoms with E-state index in [1.807, 2.05) is 55.1 Å². The van der Waals surface area contributed by atoms with Crippen molar-refractivity contribution in [1.82, 2.24) is 15.5 Å². The van der Waals surface area contributed by atoms with Crippen LogP contribution in [0.15, 0.2) is 59.6 Å². The molecule has 6 nitrogen and oxygen atoms in total. The molecule has 3 rings (SSSR count). The van der Waals surface area contributed by atoms with Crippen LogP contribution >= 0.6 is 0 Å². The van der Waals surface area contributed by atoms with Gasteiger partial charge in [-0.15, -0.1) is 0 Å². The summed E-state index contributed by atoms with van der Waals surface area (Å²) in [6.45, 7) is 6.60. The molecule has 1 heterocycles. The van der Waals surface area contributed by atoms with Gasteiger partial charge in [0.15, 0.2) is 5.96 Å². The lowest BCUT2D eigenvalue weighted by Gasteiger charge is -2.20. The van der Waals surface area contributed by atoms with E-state index in [0.29, 0.717) is 13.2 Å². The molecule has 1 unspecified atom stereocenters. The van der Waals surface area contributed by atoms with Crippen molar-refractivity contribution in [2.24, 2.45) is 10.9 Å². The minimum atomic E-state index is 0.0394. The molecule has 2 N–H and O–H groups in total. The van der Waals surface area contributed by atoms with Crippen molar-refractivity contribution in [3.05, 3.63) is 65.7 Å². The second kappa shape index (κ2) is 10.7. The molecule has 1 aliphatic rings. The molecule has 1 atom stereocenters. The van der Waals surface area contributed by atoms with Gasteiger partial charge in [-0.25, -0.2) is 0 Å². The van der Waals surface area contributed by atoms with Gasteiger partial charge in [-0.2, -0.15) is 0 Å². The standard InChI is InChI=1S/C24H32N4O2/c1-18(2)23(29)28-13-12-21(16-28)27-24(25-3)26-15-20-10-7-11-22(14-20)30-17-19-8-5-4-6-9-19/h4-11,14,18,21H,12-13,15-17H2,1-3H3,(H2,25,26,27). The van der Waals surface area contributed by atoms with Gasteiger partial charge < -0.3 is 20.3 Å². The van der Waals surface area contributed by atoms with E-state index in [0.717, 1.165) is 42.3 Å². The molecule has 30 heavy (non-hydrogen) atoms. The molecular weight excluding hydrogens is 376 g/mol. The van der Waals surface area contributed by atoms with E-state index in [-0.39, 0.29) is 17.9 Å². The summed E-state index contributed by atoms with van der Waals surface area (Å²) in [6, 6.07) is 18.4. The summed E-state index contributed by atoms with van der Waals surface area (Å²) in [5, 5.41) is 6.79. The van der Waals surface area contributed by atoms with Gasteiger partial charge in [-0.1, -0.05) is 56.3 Å². The van der Waals surface area contributed by atoms with Gasteiger partial charge >= 0.3 is 0 Å². The minimum absolute atomic E-state index is 0.0394. The molecular formula is C24H32N4O2. The lowest BCUT2D eigenvalue weighted by Crippen LogP contribution is -2.45. The number of benzene rings is 2. The van der Waals surface area contributed by atoms with Crippen molar-refractivity contribution in [2.45, 2.75) is 39.5 Å². The summed E-state index contributed by atoms with van der Waals surface area (Å²) < 4.78 is 5.92. The molecule has 2 aromatic rings. The smallest absolute Gasteiger partial charge is 0.225 e. The fraction of sp³-hybridized carbons (Fsp3) is 0.417. The maximum absolute atomic E-state index is 12.2. The van der Waals surface area contributed by atoms with Crippen LogP contribution in [0.25, 0.3) is 0 Å². The summed E-state index contributed by atoms with van der Waals surface area (Å²) in [6.07, 6.45) is 0.933. The number of amides is 1. The van der Waals surface area contributed by atoms with Gasteiger partial charge in [0.25, 0.3) is 0 Å². The molecule has 1 aliphatic heterocycles. The molecule has 1 amide bonds. The number of guanidine groups is 1. The van der Waals surface area contributed by atoms with Crippen LogP contribution in [0.5, 0.6) is 5.75 Å². The van der Waals surface area contributed by atoms with E-state index in [4.69, 9.17) is 4.74 Å². The number of ether oxygens (including phenoxy) is 1. The fourth-order valence-electron chi connectivity index (χ4n) is 3.50. The van der Waals surface area contributed by atoms with E-state index in [1.54, 1.807) is 7.05 Å². The Bertz CT molecular complexity index is 851. The van der Waals surface area contributed by atoms with Gasteiger partial charge in [0.1, 0.15) is 12.4 Å². The molecule has 1 saturated heterocycles. The van der Waals surface area contributed by atoms with Crippen LogP contribution in [0.4, 0.5) is 0 Å². The molecule has 2 aromatic carbocycles. The Morgan fingerprint density at radius 1 is 1.17 bits per heavy atom. The highest BCUT2D eigenvalue weighted by atomic mass is 16.5. The first-order valence-electron chi connectivity index (χ1n) is 10.6. The van der Waals surface area contributed by atoms with Crippen LogP contribution < -0.4 is 15.4 Å². The number of carbonyl (C=O) groups is 1.